The van der Waals surface area contributed by atoms with Gasteiger partial charge in [-0.05, 0) is 25.5 Å². The highest BCUT2D eigenvalue weighted by Gasteiger charge is 2.16. The zero-order valence-electron chi connectivity index (χ0n) is 14.5. The van der Waals surface area contributed by atoms with E-state index in [-0.39, 0.29) is 23.4 Å². The second kappa shape index (κ2) is 7.49. The molecule has 2 N–H and O–H groups in total. The number of benzene rings is 2. The monoisotopic (exact) mass is 337 g/mol. The quantitative estimate of drug-likeness (QED) is 0.725. The van der Waals surface area contributed by atoms with Crippen LogP contribution in [0.2, 0.25) is 0 Å². The fraction of sp³-hybridized carbons (Fsp3) is 0.300. The molecule has 2 unspecified atom stereocenters. The first kappa shape index (κ1) is 17.2. The van der Waals surface area contributed by atoms with E-state index in [0.29, 0.717) is 11.9 Å². The van der Waals surface area contributed by atoms with E-state index in [9.17, 15) is 9.90 Å². The summed E-state index contributed by atoms with van der Waals surface area (Å²) in [6.07, 6.45) is 2.56. The summed E-state index contributed by atoms with van der Waals surface area (Å²) in [4.78, 5) is 12.6. The zero-order valence-corrected chi connectivity index (χ0v) is 14.5. The number of nitrogens with zero attached hydrogens (tertiary/aromatic N) is 2. The summed E-state index contributed by atoms with van der Waals surface area (Å²) in [5.74, 6) is 0.287. The molecule has 5 nitrogen and oxygen atoms in total. The maximum Gasteiger partial charge on any atom is 0.274 e. The van der Waals surface area contributed by atoms with Crippen LogP contribution in [0.25, 0.3) is 10.8 Å². The fourth-order valence-electron chi connectivity index (χ4n) is 3.12. The Hall–Kier alpha value is -2.66. The van der Waals surface area contributed by atoms with E-state index in [2.05, 4.69) is 17.3 Å². The van der Waals surface area contributed by atoms with E-state index in [1.54, 1.807) is 12.3 Å². The van der Waals surface area contributed by atoms with Gasteiger partial charge in [-0.25, -0.2) is 4.68 Å². The third-order valence-electron chi connectivity index (χ3n) is 4.41. The molecule has 5 heteroatoms. The van der Waals surface area contributed by atoms with Crippen molar-refractivity contribution in [2.24, 2.45) is 0 Å². The molecule has 0 saturated heterocycles. The molecule has 0 spiro atoms. The molecule has 0 aliphatic heterocycles. The van der Waals surface area contributed by atoms with E-state index >= 15 is 0 Å². The lowest BCUT2D eigenvalue weighted by molar-refractivity contribution is 0.375. The van der Waals surface area contributed by atoms with E-state index in [1.165, 1.54) is 4.68 Å². The maximum absolute atomic E-state index is 12.6. The van der Waals surface area contributed by atoms with Crippen molar-refractivity contribution in [1.82, 2.24) is 15.1 Å². The molecule has 0 radical (unpaired) electrons. The van der Waals surface area contributed by atoms with Crippen molar-refractivity contribution in [2.75, 3.05) is 0 Å². The predicted octanol–water partition coefficient (Wildman–Crippen LogP) is 3.23. The van der Waals surface area contributed by atoms with E-state index in [1.807, 2.05) is 49.4 Å². The number of rotatable bonds is 6. The lowest BCUT2D eigenvalue weighted by atomic mass is 10.0. The number of fused-ring (bicyclic) bond motifs is 1. The summed E-state index contributed by atoms with van der Waals surface area (Å²) in [5, 5.41) is 19.4. The highest BCUT2D eigenvalue weighted by Crippen LogP contribution is 2.26. The van der Waals surface area contributed by atoms with Crippen molar-refractivity contribution in [2.45, 2.75) is 38.9 Å². The number of aromatic nitrogens is 2. The van der Waals surface area contributed by atoms with E-state index in [4.69, 9.17) is 0 Å². The van der Waals surface area contributed by atoms with Gasteiger partial charge < -0.3 is 10.4 Å². The first-order valence-electron chi connectivity index (χ1n) is 8.59. The van der Waals surface area contributed by atoms with Gasteiger partial charge >= 0.3 is 0 Å². The van der Waals surface area contributed by atoms with Crippen molar-refractivity contribution in [3.05, 3.63) is 70.6 Å². The molecule has 1 heterocycles. The van der Waals surface area contributed by atoms with E-state index < -0.39 is 0 Å². The van der Waals surface area contributed by atoms with E-state index in [0.717, 1.165) is 17.4 Å². The molecule has 0 fully saturated rings. The summed E-state index contributed by atoms with van der Waals surface area (Å²) >= 11 is 0. The van der Waals surface area contributed by atoms with Crippen LogP contribution in [-0.4, -0.2) is 20.9 Å². The van der Waals surface area contributed by atoms with Gasteiger partial charge in [0.15, 0.2) is 0 Å². The van der Waals surface area contributed by atoms with Crippen LogP contribution in [0.4, 0.5) is 0 Å². The molecule has 1 aromatic heterocycles. The first-order valence-corrected chi connectivity index (χ1v) is 8.59. The van der Waals surface area contributed by atoms with Gasteiger partial charge in [-0.2, -0.15) is 5.10 Å². The van der Waals surface area contributed by atoms with Gasteiger partial charge in [0.05, 0.1) is 18.1 Å². The van der Waals surface area contributed by atoms with Crippen LogP contribution >= 0.6 is 0 Å². The van der Waals surface area contributed by atoms with Crippen molar-refractivity contribution in [1.29, 1.82) is 0 Å². The maximum atomic E-state index is 12.6. The molecular formula is C20H23N3O2. The smallest absolute Gasteiger partial charge is 0.274 e. The lowest BCUT2D eigenvalue weighted by Crippen LogP contribution is -2.37. The Kier molecular flexibility index (Phi) is 5.14. The number of phenolic OH excluding ortho intramolecular Hbond substituents is 1. The van der Waals surface area contributed by atoms with Crippen LogP contribution in [0.1, 0.15) is 31.9 Å². The Morgan fingerprint density at radius 3 is 2.64 bits per heavy atom. The molecule has 0 aliphatic carbocycles. The van der Waals surface area contributed by atoms with Crippen LogP contribution < -0.4 is 10.9 Å². The van der Waals surface area contributed by atoms with Gasteiger partial charge in [0.25, 0.3) is 5.56 Å². The van der Waals surface area contributed by atoms with Gasteiger partial charge in [-0.3, -0.25) is 4.79 Å². The lowest BCUT2D eigenvalue weighted by Gasteiger charge is -2.23. The minimum absolute atomic E-state index is 0.0207. The Balaban J connectivity index is 1.78. The third kappa shape index (κ3) is 3.72. The number of para-hydroxylation sites is 1. The molecule has 0 saturated carbocycles. The zero-order chi connectivity index (χ0) is 17.8. The average molecular weight is 337 g/mol. The molecular weight excluding hydrogens is 314 g/mol. The summed E-state index contributed by atoms with van der Waals surface area (Å²) in [7, 11) is 0. The predicted molar refractivity (Wildman–Crippen MR) is 99.7 cm³/mol. The Bertz CT molecular complexity index is 920. The van der Waals surface area contributed by atoms with Crippen molar-refractivity contribution >= 4 is 10.8 Å². The molecule has 0 amide bonds. The summed E-state index contributed by atoms with van der Waals surface area (Å²) < 4.78 is 1.50. The highest BCUT2D eigenvalue weighted by atomic mass is 16.3. The van der Waals surface area contributed by atoms with Crippen molar-refractivity contribution in [3.8, 4) is 5.75 Å². The van der Waals surface area contributed by atoms with Gasteiger partial charge in [0.2, 0.25) is 0 Å². The Morgan fingerprint density at radius 2 is 1.88 bits per heavy atom. The number of hydrogen-bond acceptors (Lipinski definition) is 4. The Morgan fingerprint density at radius 1 is 1.16 bits per heavy atom. The Labute approximate surface area is 146 Å². The standard InChI is InChI=1S/C20H23N3O2/c1-3-18(17-10-6-7-11-19(17)24)22-14(2)13-23-20(25)16-9-5-4-8-15(16)12-21-23/h4-12,14,18,22,24H,3,13H2,1-2H3. The topological polar surface area (TPSA) is 67.2 Å². The molecule has 0 aliphatic rings. The van der Waals surface area contributed by atoms with Crippen molar-refractivity contribution in [3.63, 3.8) is 0 Å². The van der Waals surface area contributed by atoms with Gasteiger partial charge in [0, 0.05) is 23.0 Å². The molecule has 3 aromatic rings. The minimum Gasteiger partial charge on any atom is -0.508 e. The fourth-order valence-corrected chi connectivity index (χ4v) is 3.12. The van der Waals surface area contributed by atoms with Crippen molar-refractivity contribution < 1.29 is 5.11 Å². The van der Waals surface area contributed by atoms with Crippen LogP contribution in [0.15, 0.2) is 59.5 Å². The van der Waals surface area contributed by atoms with Gasteiger partial charge in [0.1, 0.15) is 5.75 Å². The first-order chi connectivity index (χ1) is 12.1. The van der Waals surface area contributed by atoms with Gasteiger partial charge in [-0.15, -0.1) is 0 Å². The van der Waals surface area contributed by atoms with Crippen LogP contribution in [0.5, 0.6) is 5.75 Å². The molecule has 3 rings (SSSR count). The molecule has 25 heavy (non-hydrogen) atoms. The molecule has 130 valence electrons. The average Bonchev–Trinajstić information content (AvgIpc) is 2.63. The molecule has 2 atom stereocenters. The summed E-state index contributed by atoms with van der Waals surface area (Å²) in [5.41, 5.74) is 0.790. The number of aromatic hydroxyl groups is 1. The largest absolute Gasteiger partial charge is 0.508 e. The molecule has 0 bridgehead atoms. The van der Waals surface area contributed by atoms with Crippen LogP contribution in [-0.2, 0) is 6.54 Å². The summed E-state index contributed by atoms with van der Waals surface area (Å²) in [6.45, 7) is 4.55. The highest BCUT2D eigenvalue weighted by molar-refractivity contribution is 5.80. The van der Waals surface area contributed by atoms with Crippen LogP contribution in [0, 0.1) is 0 Å². The minimum atomic E-state index is -0.0812. The number of phenols is 1. The SMILES string of the molecule is CCC(NC(C)Cn1ncc2ccccc2c1=O)c1ccccc1O. The summed E-state index contributed by atoms with van der Waals surface area (Å²) in [6, 6.07) is 14.9. The number of nitrogens with one attached hydrogen (secondary N) is 1. The molecule has 2 aromatic carbocycles. The normalized spacial score (nSPS) is 13.7. The van der Waals surface area contributed by atoms with Crippen LogP contribution in [0.3, 0.4) is 0 Å². The number of hydrogen-bond donors (Lipinski definition) is 2. The third-order valence-corrected chi connectivity index (χ3v) is 4.41. The second-order valence-electron chi connectivity index (χ2n) is 6.31. The second-order valence-corrected chi connectivity index (χ2v) is 6.31. The van der Waals surface area contributed by atoms with Gasteiger partial charge in [-0.1, -0.05) is 43.3 Å².